The van der Waals surface area contributed by atoms with Gasteiger partial charge in [0, 0.05) is 6.42 Å². The molecule has 0 spiro atoms. The van der Waals surface area contributed by atoms with E-state index < -0.39 is 5.97 Å². The van der Waals surface area contributed by atoms with E-state index in [1.165, 1.54) is 13.2 Å². The number of halogens is 1. The van der Waals surface area contributed by atoms with Crippen LogP contribution in [0.25, 0.3) is 0 Å². The molecule has 1 aromatic carbocycles. The Hall–Kier alpha value is -1.59. The van der Waals surface area contributed by atoms with Gasteiger partial charge in [-0.05, 0) is 43.5 Å². The molecule has 0 aromatic heterocycles. The second kappa shape index (κ2) is 8.64. The van der Waals surface area contributed by atoms with Crippen molar-refractivity contribution in [2.75, 3.05) is 19.0 Å². The van der Waals surface area contributed by atoms with Crippen molar-refractivity contribution in [2.45, 2.75) is 26.2 Å². The largest absolute Gasteiger partial charge is 0.465 e. The van der Waals surface area contributed by atoms with Gasteiger partial charge >= 0.3 is 5.97 Å². The van der Waals surface area contributed by atoms with Crippen LogP contribution < -0.4 is 11.1 Å². The number of methoxy groups -OCH3 is 1. The van der Waals surface area contributed by atoms with Crippen LogP contribution >= 0.6 is 11.6 Å². The van der Waals surface area contributed by atoms with E-state index in [2.05, 4.69) is 17.0 Å². The zero-order chi connectivity index (χ0) is 15.8. The molecule has 3 N–H and O–H groups in total. The maximum Gasteiger partial charge on any atom is 0.337 e. The highest BCUT2D eigenvalue weighted by Crippen LogP contribution is 2.24. The van der Waals surface area contributed by atoms with Gasteiger partial charge in [0.05, 0.1) is 23.4 Å². The van der Waals surface area contributed by atoms with Crippen molar-refractivity contribution in [3.8, 4) is 0 Å². The first-order valence-corrected chi connectivity index (χ1v) is 7.23. The van der Waals surface area contributed by atoms with Gasteiger partial charge in [-0.2, -0.15) is 0 Å². The van der Waals surface area contributed by atoms with Gasteiger partial charge in [0.2, 0.25) is 5.91 Å². The molecule has 0 radical (unpaired) electrons. The SMILES string of the molecule is COC(=O)c1ccc(Cl)c(NC(=O)CCC(C)CCN)c1. The smallest absolute Gasteiger partial charge is 0.337 e. The molecule has 1 rings (SSSR count). The molecule has 0 aliphatic rings. The molecule has 0 aliphatic heterocycles. The summed E-state index contributed by atoms with van der Waals surface area (Å²) in [6.45, 7) is 2.68. The Morgan fingerprint density at radius 3 is 2.71 bits per heavy atom. The van der Waals surface area contributed by atoms with Crippen molar-refractivity contribution in [1.82, 2.24) is 0 Å². The number of hydrogen-bond acceptors (Lipinski definition) is 4. The minimum Gasteiger partial charge on any atom is -0.465 e. The highest BCUT2D eigenvalue weighted by atomic mass is 35.5. The molecule has 116 valence electrons. The lowest BCUT2D eigenvalue weighted by atomic mass is 10.0. The van der Waals surface area contributed by atoms with E-state index in [0.29, 0.717) is 35.2 Å². The topological polar surface area (TPSA) is 81.4 Å². The molecule has 0 aliphatic carbocycles. The normalized spacial score (nSPS) is 11.8. The number of hydrogen-bond donors (Lipinski definition) is 2. The van der Waals surface area contributed by atoms with Crippen molar-refractivity contribution >= 4 is 29.2 Å². The number of carbonyl (C=O) groups excluding carboxylic acids is 2. The highest BCUT2D eigenvalue weighted by molar-refractivity contribution is 6.33. The maximum atomic E-state index is 11.9. The second-order valence-corrected chi connectivity index (χ2v) is 5.36. The molecular formula is C15H21ClN2O3. The molecule has 1 aromatic rings. The Kier molecular flexibility index (Phi) is 7.19. The maximum absolute atomic E-state index is 11.9. The number of amides is 1. The van der Waals surface area contributed by atoms with Gasteiger partial charge in [0.15, 0.2) is 0 Å². The van der Waals surface area contributed by atoms with Crippen LogP contribution in [0.3, 0.4) is 0 Å². The van der Waals surface area contributed by atoms with Crippen molar-refractivity contribution in [2.24, 2.45) is 11.7 Å². The average molecular weight is 313 g/mol. The quantitative estimate of drug-likeness (QED) is 0.759. The summed E-state index contributed by atoms with van der Waals surface area (Å²) in [6, 6.07) is 4.61. The fourth-order valence-corrected chi connectivity index (χ4v) is 2.05. The van der Waals surface area contributed by atoms with Gasteiger partial charge in [0.1, 0.15) is 0 Å². The number of nitrogens with two attached hydrogens (primary N) is 1. The van der Waals surface area contributed by atoms with Crippen LogP contribution in [0.5, 0.6) is 0 Å². The van der Waals surface area contributed by atoms with Crippen LogP contribution in [-0.4, -0.2) is 25.5 Å². The molecule has 0 heterocycles. The predicted octanol–water partition coefficient (Wildman–Crippen LogP) is 2.83. The summed E-state index contributed by atoms with van der Waals surface area (Å²) in [7, 11) is 1.30. The Balaban J connectivity index is 2.65. The van der Waals surface area contributed by atoms with Gasteiger partial charge in [-0.3, -0.25) is 4.79 Å². The number of benzene rings is 1. The lowest BCUT2D eigenvalue weighted by Gasteiger charge is -2.11. The minimum absolute atomic E-state index is 0.136. The van der Waals surface area contributed by atoms with Crippen molar-refractivity contribution in [1.29, 1.82) is 0 Å². The standard InChI is InChI=1S/C15H21ClN2O3/c1-10(7-8-17)3-6-14(19)18-13-9-11(15(20)21-2)4-5-12(13)16/h4-5,9-10H,3,6-8,17H2,1-2H3,(H,18,19). The van der Waals surface area contributed by atoms with E-state index in [1.807, 2.05) is 0 Å². The van der Waals surface area contributed by atoms with Crippen LogP contribution in [0.15, 0.2) is 18.2 Å². The molecule has 1 atom stereocenters. The minimum atomic E-state index is -0.473. The molecule has 5 nitrogen and oxygen atoms in total. The number of rotatable bonds is 7. The number of anilines is 1. The van der Waals surface area contributed by atoms with E-state index in [-0.39, 0.29) is 5.91 Å². The van der Waals surface area contributed by atoms with E-state index in [4.69, 9.17) is 17.3 Å². The highest BCUT2D eigenvalue weighted by Gasteiger charge is 2.12. The summed E-state index contributed by atoms with van der Waals surface area (Å²) in [5, 5.41) is 3.10. The number of carbonyl (C=O) groups is 2. The molecular weight excluding hydrogens is 292 g/mol. The third-order valence-corrected chi connectivity index (χ3v) is 3.51. The number of ether oxygens (including phenoxy) is 1. The first-order valence-electron chi connectivity index (χ1n) is 6.85. The summed E-state index contributed by atoms with van der Waals surface area (Å²) < 4.78 is 4.64. The molecule has 0 fully saturated rings. The number of nitrogens with one attached hydrogen (secondary N) is 1. The Labute approximate surface area is 129 Å². The summed E-state index contributed by atoms with van der Waals surface area (Å²) in [5.74, 6) is -0.209. The Bertz CT molecular complexity index is 506. The molecule has 6 heteroatoms. The molecule has 1 amide bonds. The van der Waals surface area contributed by atoms with Gasteiger partial charge in [-0.25, -0.2) is 4.79 Å². The van der Waals surface area contributed by atoms with Crippen LogP contribution in [-0.2, 0) is 9.53 Å². The average Bonchev–Trinajstić information content (AvgIpc) is 2.47. The lowest BCUT2D eigenvalue weighted by molar-refractivity contribution is -0.116. The fraction of sp³-hybridized carbons (Fsp3) is 0.467. The lowest BCUT2D eigenvalue weighted by Crippen LogP contribution is -2.15. The van der Waals surface area contributed by atoms with E-state index >= 15 is 0 Å². The second-order valence-electron chi connectivity index (χ2n) is 4.96. The third-order valence-electron chi connectivity index (χ3n) is 3.19. The number of esters is 1. The summed E-state index contributed by atoms with van der Waals surface area (Å²) in [6.07, 6.45) is 2.04. The van der Waals surface area contributed by atoms with Gasteiger partial charge in [0.25, 0.3) is 0 Å². The van der Waals surface area contributed by atoms with Gasteiger partial charge in [-0.15, -0.1) is 0 Å². The molecule has 0 bridgehead atoms. The summed E-state index contributed by atoms with van der Waals surface area (Å²) >= 11 is 6.02. The summed E-state index contributed by atoms with van der Waals surface area (Å²) in [5.41, 5.74) is 6.23. The first-order chi connectivity index (χ1) is 9.97. The molecule has 0 saturated carbocycles. The molecule has 1 unspecified atom stereocenters. The Morgan fingerprint density at radius 1 is 1.38 bits per heavy atom. The monoisotopic (exact) mass is 312 g/mol. The van der Waals surface area contributed by atoms with Crippen molar-refractivity contribution < 1.29 is 14.3 Å². The molecule has 21 heavy (non-hydrogen) atoms. The van der Waals surface area contributed by atoms with Gasteiger partial charge < -0.3 is 15.8 Å². The van der Waals surface area contributed by atoms with Crippen molar-refractivity contribution in [3.63, 3.8) is 0 Å². The van der Waals surface area contributed by atoms with Gasteiger partial charge in [-0.1, -0.05) is 18.5 Å². The van der Waals surface area contributed by atoms with Crippen LogP contribution in [0.1, 0.15) is 36.5 Å². The van der Waals surface area contributed by atoms with Crippen LogP contribution in [0.4, 0.5) is 5.69 Å². The predicted molar refractivity (Wildman–Crippen MR) is 83.5 cm³/mol. The fourth-order valence-electron chi connectivity index (χ4n) is 1.88. The zero-order valence-electron chi connectivity index (χ0n) is 12.3. The van der Waals surface area contributed by atoms with Crippen molar-refractivity contribution in [3.05, 3.63) is 28.8 Å². The molecule has 0 saturated heterocycles. The van der Waals surface area contributed by atoms with E-state index in [9.17, 15) is 9.59 Å². The summed E-state index contributed by atoms with van der Waals surface area (Å²) in [4.78, 5) is 23.4. The Morgan fingerprint density at radius 2 is 2.10 bits per heavy atom. The van der Waals surface area contributed by atoms with Crippen LogP contribution in [0, 0.1) is 5.92 Å². The third kappa shape index (κ3) is 5.73. The van der Waals surface area contributed by atoms with Crippen LogP contribution in [0.2, 0.25) is 5.02 Å². The zero-order valence-corrected chi connectivity index (χ0v) is 13.1. The van der Waals surface area contributed by atoms with E-state index in [0.717, 1.165) is 12.8 Å². The van der Waals surface area contributed by atoms with E-state index in [1.54, 1.807) is 12.1 Å². The first kappa shape index (κ1) is 17.5.